The summed E-state index contributed by atoms with van der Waals surface area (Å²) in [5.74, 6) is 1.04. The average molecular weight is 383 g/mol. The minimum atomic E-state index is -4.60. The lowest BCUT2D eigenvalue weighted by Gasteiger charge is -2.12. The summed E-state index contributed by atoms with van der Waals surface area (Å²) in [6, 6.07) is 5.82. The number of hydrogen-bond donors (Lipinski definition) is 0. The van der Waals surface area contributed by atoms with Gasteiger partial charge in [0.15, 0.2) is 0 Å². The van der Waals surface area contributed by atoms with Crippen LogP contribution in [0.4, 0.5) is 13.2 Å². The molecule has 3 nitrogen and oxygen atoms in total. The quantitative estimate of drug-likeness (QED) is 0.353. The van der Waals surface area contributed by atoms with Gasteiger partial charge >= 0.3 is 6.18 Å². The first kappa shape index (κ1) is 19.6. The predicted molar refractivity (Wildman–Crippen MR) is 95.3 cm³/mol. The Morgan fingerprint density at radius 3 is 2.76 bits per heavy atom. The number of alkyl halides is 3. The fourth-order valence-corrected chi connectivity index (χ4v) is 4.24. The van der Waals surface area contributed by atoms with Crippen molar-refractivity contribution in [2.75, 3.05) is 10.8 Å². The minimum absolute atomic E-state index is 0.167. The summed E-state index contributed by atoms with van der Waals surface area (Å²) < 4.78 is 39.4. The van der Waals surface area contributed by atoms with Crippen LogP contribution in [-0.4, -0.2) is 20.8 Å². The zero-order valence-corrected chi connectivity index (χ0v) is 15.1. The van der Waals surface area contributed by atoms with E-state index in [1.807, 2.05) is 0 Å². The van der Waals surface area contributed by atoms with Crippen LogP contribution in [0.2, 0.25) is 0 Å². The summed E-state index contributed by atoms with van der Waals surface area (Å²) >= 11 is 3.25. The molecule has 0 atom stereocenters. The first-order valence-electron chi connectivity index (χ1n) is 7.60. The molecule has 0 bridgehead atoms. The van der Waals surface area contributed by atoms with Crippen LogP contribution in [0.15, 0.2) is 35.6 Å². The molecule has 0 aliphatic carbocycles. The van der Waals surface area contributed by atoms with E-state index in [9.17, 15) is 13.2 Å². The highest BCUT2D eigenvalue weighted by molar-refractivity contribution is 8.16. The lowest BCUT2D eigenvalue weighted by atomic mass is 10.1. The van der Waals surface area contributed by atoms with E-state index in [1.165, 1.54) is 11.8 Å². The van der Waals surface area contributed by atoms with Crippen LogP contribution in [-0.2, 0) is 6.18 Å². The average Bonchev–Trinajstić information content (AvgIpc) is 2.60. The van der Waals surface area contributed by atoms with Crippen LogP contribution < -0.4 is 0 Å². The summed E-state index contributed by atoms with van der Waals surface area (Å²) in [6.45, 7) is 2.12. The van der Waals surface area contributed by atoms with Gasteiger partial charge in [-0.25, -0.2) is 4.98 Å². The Labute approximate surface area is 153 Å². The second-order valence-corrected chi connectivity index (χ2v) is 7.54. The third-order valence-electron chi connectivity index (χ3n) is 3.30. The summed E-state index contributed by atoms with van der Waals surface area (Å²) in [5, 5.41) is 10.3. The Balaban J connectivity index is 2.28. The van der Waals surface area contributed by atoms with Crippen molar-refractivity contribution in [3.8, 4) is 17.3 Å². The lowest BCUT2D eigenvalue weighted by molar-refractivity contribution is -0.137. The first-order valence-corrected chi connectivity index (χ1v) is 9.74. The maximum atomic E-state index is 13.1. The van der Waals surface area contributed by atoms with E-state index in [1.54, 1.807) is 36.2 Å². The molecule has 8 heteroatoms. The first-order chi connectivity index (χ1) is 12.0. The molecule has 0 aromatic carbocycles. The van der Waals surface area contributed by atoms with E-state index >= 15 is 0 Å². The van der Waals surface area contributed by atoms with Gasteiger partial charge < -0.3 is 0 Å². The highest BCUT2D eigenvalue weighted by atomic mass is 32.2. The molecule has 0 aliphatic heterocycles. The van der Waals surface area contributed by atoms with Crippen molar-refractivity contribution in [3.05, 3.63) is 41.7 Å². The molecule has 2 heterocycles. The fourth-order valence-electron chi connectivity index (χ4n) is 2.03. The Bertz CT molecular complexity index is 758. The summed E-state index contributed by atoms with van der Waals surface area (Å²) in [6.07, 6.45) is 0.231. The maximum absolute atomic E-state index is 13.1. The summed E-state index contributed by atoms with van der Waals surface area (Å²) in [4.78, 5) is 8.30. The van der Waals surface area contributed by atoms with Crippen molar-refractivity contribution in [1.82, 2.24) is 9.97 Å². The van der Waals surface area contributed by atoms with Gasteiger partial charge in [0, 0.05) is 23.0 Å². The van der Waals surface area contributed by atoms with Crippen molar-refractivity contribution in [2.45, 2.75) is 31.0 Å². The topological polar surface area (TPSA) is 49.6 Å². The van der Waals surface area contributed by atoms with Crippen molar-refractivity contribution >= 4 is 23.5 Å². The van der Waals surface area contributed by atoms with Crippen molar-refractivity contribution in [2.24, 2.45) is 0 Å². The van der Waals surface area contributed by atoms with Crippen LogP contribution in [0.1, 0.15) is 30.9 Å². The summed E-state index contributed by atoms with van der Waals surface area (Å²) in [7, 11) is 0. The molecule has 0 unspecified atom stereocenters. The zero-order valence-electron chi connectivity index (χ0n) is 13.5. The van der Waals surface area contributed by atoms with Crippen molar-refractivity contribution in [3.63, 3.8) is 0 Å². The SMILES string of the molecule is CCCCSCSc1ncccc1-c1cc(C(F)(F)F)c(C#N)cn1. The number of aromatic nitrogens is 2. The third-order valence-corrected chi connectivity index (χ3v) is 5.61. The number of nitrogens with zero attached hydrogens (tertiary/aromatic N) is 3. The molecule has 0 aliphatic rings. The van der Waals surface area contributed by atoms with E-state index < -0.39 is 17.3 Å². The molecular formula is C17H16F3N3S2. The van der Waals surface area contributed by atoms with Crippen molar-refractivity contribution < 1.29 is 13.2 Å². The van der Waals surface area contributed by atoms with Gasteiger partial charge in [0.05, 0.1) is 16.8 Å². The maximum Gasteiger partial charge on any atom is 0.417 e. The smallest absolute Gasteiger partial charge is 0.255 e. The molecule has 132 valence electrons. The van der Waals surface area contributed by atoms with Gasteiger partial charge in [-0.1, -0.05) is 25.1 Å². The standard InChI is InChI=1S/C17H16F3N3S2/c1-2-3-7-24-11-25-16-13(5-4-6-22-16)15-8-14(17(18,19)20)12(9-21)10-23-15/h4-6,8,10H,2-3,7,11H2,1H3. The van der Waals surface area contributed by atoms with Gasteiger partial charge in [0.25, 0.3) is 0 Å². The van der Waals surface area contributed by atoms with E-state index in [0.29, 0.717) is 10.6 Å². The predicted octanol–water partition coefficient (Wildman–Crippen LogP) is 5.62. The molecule has 0 spiro atoms. The fraction of sp³-hybridized carbons (Fsp3) is 0.353. The number of pyridine rings is 2. The van der Waals surface area contributed by atoms with Crippen LogP contribution in [0.5, 0.6) is 0 Å². The number of unbranched alkanes of at least 4 members (excludes halogenated alkanes) is 1. The Hall–Kier alpha value is -1.72. The second kappa shape index (κ2) is 9.11. The second-order valence-electron chi connectivity index (χ2n) is 5.10. The zero-order chi connectivity index (χ0) is 18.3. The molecule has 0 radical (unpaired) electrons. The van der Waals surface area contributed by atoms with E-state index in [-0.39, 0.29) is 5.69 Å². The normalized spacial score (nSPS) is 11.3. The Morgan fingerprint density at radius 1 is 1.28 bits per heavy atom. The van der Waals surface area contributed by atoms with Gasteiger partial charge in [0.1, 0.15) is 11.1 Å². The Morgan fingerprint density at radius 2 is 2.08 bits per heavy atom. The van der Waals surface area contributed by atoms with Gasteiger partial charge in [0.2, 0.25) is 0 Å². The highest BCUT2D eigenvalue weighted by Gasteiger charge is 2.34. The highest BCUT2D eigenvalue weighted by Crippen LogP contribution is 2.36. The van der Waals surface area contributed by atoms with Crippen LogP contribution in [0.25, 0.3) is 11.3 Å². The van der Waals surface area contributed by atoms with Crippen molar-refractivity contribution in [1.29, 1.82) is 5.26 Å². The molecule has 0 saturated carbocycles. The summed E-state index contributed by atoms with van der Waals surface area (Å²) in [5.41, 5.74) is -0.749. The monoisotopic (exact) mass is 383 g/mol. The molecule has 2 rings (SSSR count). The molecule has 2 aromatic rings. The van der Waals surface area contributed by atoms with Gasteiger partial charge in [-0.3, -0.25) is 4.98 Å². The number of rotatable bonds is 7. The molecule has 2 aromatic heterocycles. The Kier molecular flexibility index (Phi) is 7.14. The van der Waals surface area contributed by atoms with Crippen LogP contribution in [0, 0.1) is 11.3 Å². The number of nitriles is 1. The molecular weight excluding hydrogens is 367 g/mol. The van der Waals surface area contributed by atoms with Crippen LogP contribution >= 0.6 is 23.5 Å². The van der Waals surface area contributed by atoms with Gasteiger partial charge in [-0.05, 0) is 30.4 Å². The number of thioether (sulfide) groups is 2. The van der Waals surface area contributed by atoms with Crippen LogP contribution in [0.3, 0.4) is 0 Å². The lowest BCUT2D eigenvalue weighted by Crippen LogP contribution is -2.09. The molecule has 0 N–H and O–H groups in total. The van der Waals surface area contributed by atoms with E-state index in [4.69, 9.17) is 5.26 Å². The van der Waals surface area contributed by atoms with E-state index in [2.05, 4.69) is 16.9 Å². The molecule has 0 saturated heterocycles. The number of hydrogen-bond acceptors (Lipinski definition) is 5. The molecule has 25 heavy (non-hydrogen) atoms. The van der Waals surface area contributed by atoms with E-state index in [0.717, 1.165) is 35.9 Å². The number of halogens is 3. The molecule has 0 fully saturated rings. The molecule has 0 amide bonds. The van der Waals surface area contributed by atoms with Gasteiger partial charge in [-0.15, -0.1) is 0 Å². The third kappa shape index (κ3) is 5.38. The minimum Gasteiger partial charge on any atom is -0.255 e. The van der Waals surface area contributed by atoms with Gasteiger partial charge in [-0.2, -0.15) is 30.2 Å². The largest absolute Gasteiger partial charge is 0.417 e.